The van der Waals surface area contributed by atoms with Gasteiger partial charge in [-0.15, -0.1) is 5.10 Å². The van der Waals surface area contributed by atoms with Crippen molar-refractivity contribution in [1.82, 2.24) is 29.3 Å². The van der Waals surface area contributed by atoms with Crippen LogP contribution in [0.3, 0.4) is 0 Å². The quantitative estimate of drug-likeness (QED) is 0.335. The molecule has 1 aliphatic rings. The SMILES string of the molecule is C=Cc1cnc2ccc(N3CC[C@H](NC(=O)c4c(C)n(CC)n(-c5ccccc5)c4=O)C3)nn12.Fc1ccccc1. The molecule has 0 unspecified atom stereocenters. The third-order valence-electron chi connectivity index (χ3n) is 7.09. The molecule has 0 spiro atoms. The fourth-order valence-corrected chi connectivity index (χ4v) is 5.06. The number of carbonyl (C=O) groups excluding carboxylic acids is 1. The van der Waals surface area contributed by atoms with E-state index in [1.54, 1.807) is 39.7 Å². The van der Waals surface area contributed by atoms with Gasteiger partial charge in [-0.05, 0) is 62.7 Å². The third-order valence-corrected chi connectivity index (χ3v) is 7.09. The van der Waals surface area contributed by atoms with E-state index in [4.69, 9.17) is 0 Å². The van der Waals surface area contributed by atoms with Gasteiger partial charge in [-0.25, -0.2) is 18.6 Å². The van der Waals surface area contributed by atoms with E-state index >= 15 is 0 Å². The maximum Gasteiger partial charge on any atom is 0.284 e. The molecule has 210 valence electrons. The van der Waals surface area contributed by atoms with E-state index in [2.05, 4.69) is 26.9 Å². The number of hydrogen-bond donors (Lipinski definition) is 1. The highest BCUT2D eigenvalue weighted by Crippen LogP contribution is 2.20. The number of amides is 1. The highest BCUT2D eigenvalue weighted by molar-refractivity contribution is 5.95. The summed E-state index contributed by atoms with van der Waals surface area (Å²) in [6.07, 6.45) is 4.22. The molecule has 1 aliphatic heterocycles. The number of para-hydroxylation sites is 1. The molecule has 1 fully saturated rings. The van der Waals surface area contributed by atoms with Gasteiger partial charge >= 0.3 is 0 Å². The molecule has 1 N–H and O–H groups in total. The molecule has 41 heavy (non-hydrogen) atoms. The standard InChI is InChI=1S/C25H27N7O2.C6H5F/c1-4-19-15-26-21-11-12-22(28-31(19)21)29-14-13-18(16-29)27-24(33)23-17(3)30(5-2)32(25(23)34)20-9-7-6-8-10-20;7-6-4-2-1-3-5-6/h4,6-12,15,18H,1,5,13-14,16H2,2-3H3,(H,27,33);1-5H/t18-;/m0./s1. The Labute approximate surface area is 237 Å². The van der Waals surface area contributed by atoms with Crippen molar-refractivity contribution < 1.29 is 9.18 Å². The minimum Gasteiger partial charge on any atom is -0.353 e. The van der Waals surface area contributed by atoms with Crippen LogP contribution in [0.1, 0.15) is 35.1 Å². The highest BCUT2D eigenvalue weighted by atomic mass is 19.1. The summed E-state index contributed by atoms with van der Waals surface area (Å²) >= 11 is 0. The molecule has 1 atom stereocenters. The molecular weight excluding hydrogens is 521 g/mol. The van der Waals surface area contributed by atoms with Crippen LogP contribution in [0.4, 0.5) is 10.2 Å². The van der Waals surface area contributed by atoms with E-state index in [9.17, 15) is 14.0 Å². The van der Waals surface area contributed by atoms with Crippen molar-refractivity contribution >= 4 is 23.4 Å². The first-order chi connectivity index (χ1) is 19.9. The van der Waals surface area contributed by atoms with Crippen molar-refractivity contribution in [2.24, 2.45) is 0 Å². The lowest BCUT2D eigenvalue weighted by atomic mass is 10.2. The summed E-state index contributed by atoms with van der Waals surface area (Å²) in [4.78, 5) is 32.9. The molecule has 9 nitrogen and oxygen atoms in total. The van der Waals surface area contributed by atoms with Crippen LogP contribution in [0, 0.1) is 12.7 Å². The molecule has 3 aromatic heterocycles. The number of carbonyl (C=O) groups is 1. The van der Waals surface area contributed by atoms with E-state index in [0.29, 0.717) is 18.8 Å². The number of hydrogen-bond acceptors (Lipinski definition) is 5. The van der Waals surface area contributed by atoms with Gasteiger partial charge in [0.1, 0.15) is 17.2 Å². The van der Waals surface area contributed by atoms with Gasteiger partial charge < -0.3 is 10.2 Å². The van der Waals surface area contributed by atoms with Crippen LogP contribution in [-0.4, -0.2) is 49.0 Å². The average Bonchev–Trinajstić information content (AvgIpc) is 3.69. The summed E-state index contributed by atoms with van der Waals surface area (Å²) in [5, 5.41) is 7.76. The lowest BCUT2D eigenvalue weighted by Gasteiger charge is -2.18. The molecule has 0 radical (unpaired) electrons. The number of aromatic nitrogens is 5. The first kappa shape index (κ1) is 27.6. The van der Waals surface area contributed by atoms with E-state index < -0.39 is 0 Å². The van der Waals surface area contributed by atoms with Gasteiger partial charge in [-0.1, -0.05) is 43.0 Å². The number of nitrogens with one attached hydrogen (secondary N) is 1. The summed E-state index contributed by atoms with van der Waals surface area (Å²) in [6.45, 7) is 9.54. The van der Waals surface area contributed by atoms with Crippen LogP contribution >= 0.6 is 0 Å². The zero-order chi connectivity index (χ0) is 28.9. The zero-order valence-corrected chi connectivity index (χ0v) is 23.1. The largest absolute Gasteiger partial charge is 0.353 e. The molecule has 1 saturated heterocycles. The van der Waals surface area contributed by atoms with Gasteiger partial charge in [-0.3, -0.25) is 14.3 Å². The Morgan fingerprint density at radius 3 is 2.44 bits per heavy atom. The lowest BCUT2D eigenvalue weighted by Crippen LogP contribution is -2.39. The van der Waals surface area contributed by atoms with Crippen LogP contribution in [0.15, 0.2) is 90.4 Å². The Kier molecular flexibility index (Phi) is 8.09. The molecule has 2 aromatic carbocycles. The third kappa shape index (κ3) is 5.67. The lowest BCUT2D eigenvalue weighted by molar-refractivity contribution is 0.0938. The van der Waals surface area contributed by atoms with Crippen molar-refractivity contribution in [2.45, 2.75) is 32.9 Å². The van der Waals surface area contributed by atoms with Crippen molar-refractivity contribution in [3.05, 3.63) is 119 Å². The average molecular weight is 554 g/mol. The van der Waals surface area contributed by atoms with Crippen LogP contribution in [0.2, 0.25) is 0 Å². The van der Waals surface area contributed by atoms with Gasteiger partial charge in [0.2, 0.25) is 0 Å². The summed E-state index contributed by atoms with van der Waals surface area (Å²) in [7, 11) is 0. The second kappa shape index (κ2) is 12.0. The summed E-state index contributed by atoms with van der Waals surface area (Å²) in [5.74, 6) is 0.297. The number of benzene rings is 2. The van der Waals surface area contributed by atoms with Gasteiger partial charge in [-0.2, -0.15) is 0 Å². The summed E-state index contributed by atoms with van der Waals surface area (Å²) in [5.41, 5.74) is 2.87. The van der Waals surface area contributed by atoms with E-state index in [-0.39, 0.29) is 28.9 Å². The fraction of sp³-hybridized carbons (Fsp3) is 0.226. The molecule has 5 aromatic rings. The summed E-state index contributed by atoms with van der Waals surface area (Å²) in [6, 6.07) is 21.1. The Bertz CT molecular complexity index is 1720. The number of rotatable bonds is 6. The minimum atomic E-state index is -0.335. The fourth-order valence-electron chi connectivity index (χ4n) is 5.06. The normalized spacial score (nSPS) is 14.5. The maximum atomic E-state index is 13.3. The second-order valence-corrected chi connectivity index (χ2v) is 9.68. The number of halogens is 1. The van der Waals surface area contributed by atoms with E-state index in [0.717, 1.165) is 35.8 Å². The number of anilines is 1. The zero-order valence-electron chi connectivity index (χ0n) is 23.1. The van der Waals surface area contributed by atoms with Gasteiger partial charge in [0.25, 0.3) is 11.5 Å². The van der Waals surface area contributed by atoms with E-state index in [1.807, 2.05) is 61.0 Å². The molecule has 6 rings (SSSR count). The highest BCUT2D eigenvalue weighted by Gasteiger charge is 2.29. The summed E-state index contributed by atoms with van der Waals surface area (Å²) < 4.78 is 17.1. The van der Waals surface area contributed by atoms with Crippen molar-refractivity contribution in [3.63, 3.8) is 0 Å². The molecule has 4 heterocycles. The topological polar surface area (TPSA) is 89.5 Å². The Balaban J connectivity index is 0.000000423. The van der Waals surface area contributed by atoms with Gasteiger partial charge in [0.05, 0.1) is 23.3 Å². The second-order valence-electron chi connectivity index (χ2n) is 9.68. The Hall–Kier alpha value is -4.99. The Morgan fingerprint density at radius 2 is 1.80 bits per heavy atom. The van der Waals surface area contributed by atoms with Crippen molar-refractivity contribution in [3.8, 4) is 5.69 Å². The number of imidazole rings is 1. The molecule has 1 amide bonds. The number of nitrogens with zero attached hydrogens (tertiary/aromatic N) is 6. The maximum absolute atomic E-state index is 13.3. The van der Waals surface area contributed by atoms with E-state index in [1.165, 1.54) is 12.1 Å². The first-order valence-corrected chi connectivity index (χ1v) is 13.5. The molecule has 0 aliphatic carbocycles. The van der Waals surface area contributed by atoms with Crippen LogP contribution in [-0.2, 0) is 6.54 Å². The van der Waals surface area contributed by atoms with Crippen LogP contribution in [0.5, 0.6) is 0 Å². The molecule has 0 saturated carbocycles. The molecular formula is C31H32FN7O2. The van der Waals surface area contributed by atoms with Crippen molar-refractivity contribution in [1.29, 1.82) is 0 Å². The van der Waals surface area contributed by atoms with Gasteiger partial charge in [0, 0.05) is 25.7 Å². The monoisotopic (exact) mass is 553 g/mol. The predicted molar refractivity (Wildman–Crippen MR) is 158 cm³/mol. The molecule has 10 heteroatoms. The first-order valence-electron chi connectivity index (χ1n) is 13.5. The van der Waals surface area contributed by atoms with Gasteiger partial charge in [0.15, 0.2) is 5.65 Å². The Morgan fingerprint density at radius 1 is 1.10 bits per heavy atom. The molecule has 0 bridgehead atoms. The minimum absolute atomic E-state index is 0.0828. The predicted octanol–water partition coefficient (Wildman–Crippen LogP) is 4.49. The van der Waals surface area contributed by atoms with Crippen molar-refractivity contribution in [2.75, 3.05) is 18.0 Å². The van der Waals surface area contributed by atoms with Crippen LogP contribution in [0.25, 0.3) is 17.4 Å². The van der Waals surface area contributed by atoms with Crippen LogP contribution < -0.4 is 15.8 Å². The smallest absolute Gasteiger partial charge is 0.284 e. The number of fused-ring (bicyclic) bond motifs is 1.